The number of carboxylic acid groups (broad SMARTS) is 2. The van der Waals surface area contributed by atoms with Gasteiger partial charge in [0.05, 0.1) is 12.5 Å². The van der Waals surface area contributed by atoms with Crippen LogP contribution in [0.15, 0.2) is 0 Å². The van der Waals surface area contributed by atoms with Crippen molar-refractivity contribution >= 4 is 35.6 Å². The monoisotopic (exact) mass is 502 g/mol. The third-order valence-electron chi connectivity index (χ3n) is 4.95. The van der Waals surface area contributed by atoms with Crippen LogP contribution < -0.4 is 33.2 Å². The number of carbonyl (C=O) groups excluding carboxylic acids is 4. The zero-order valence-corrected chi connectivity index (χ0v) is 20.1. The lowest BCUT2D eigenvalue weighted by Gasteiger charge is -2.26. The summed E-state index contributed by atoms with van der Waals surface area (Å²) >= 11 is 0. The molecule has 0 aliphatic carbocycles. The van der Waals surface area contributed by atoms with Crippen LogP contribution >= 0.6 is 0 Å². The maximum absolute atomic E-state index is 12.9. The maximum Gasteiger partial charge on any atom is 0.326 e. The normalized spacial score (nSPS) is 14.3. The maximum atomic E-state index is 12.9. The summed E-state index contributed by atoms with van der Waals surface area (Å²) in [5.41, 5.74) is 16.4. The molecule has 11 N–H and O–H groups in total. The molecule has 0 rings (SSSR count). The third kappa shape index (κ3) is 13.9. The fraction of sp³-hybridized carbons (Fsp3) is 0.714. The number of nitrogens with two attached hydrogens (primary N) is 3. The van der Waals surface area contributed by atoms with Gasteiger partial charge in [0.1, 0.15) is 18.1 Å². The van der Waals surface area contributed by atoms with Crippen molar-refractivity contribution in [3.8, 4) is 0 Å². The number of amides is 4. The molecule has 0 aliphatic heterocycles. The minimum atomic E-state index is -1.71. The molecule has 0 saturated heterocycles. The Hall–Kier alpha value is -3.26. The quantitative estimate of drug-likeness (QED) is 0.0935. The Morgan fingerprint density at radius 2 is 1.34 bits per heavy atom. The highest BCUT2D eigenvalue weighted by Gasteiger charge is 2.31. The summed E-state index contributed by atoms with van der Waals surface area (Å²) in [6.07, 6.45) is 0.427. The van der Waals surface area contributed by atoms with E-state index in [4.69, 9.17) is 22.3 Å². The second-order valence-electron chi connectivity index (χ2n) is 8.65. The van der Waals surface area contributed by atoms with E-state index in [-0.39, 0.29) is 25.2 Å². The number of unbranched alkanes of at least 4 members (excludes halogenated alkanes) is 1. The minimum Gasteiger partial charge on any atom is -0.481 e. The molecule has 0 heterocycles. The van der Waals surface area contributed by atoms with Crippen molar-refractivity contribution in [2.24, 2.45) is 23.1 Å². The Balaban J connectivity index is 5.52. The molecule has 0 aromatic rings. The van der Waals surface area contributed by atoms with Gasteiger partial charge in [0.2, 0.25) is 23.6 Å². The van der Waals surface area contributed by atoms with E-state index in [2.05, 4.69) is 16.0 Å². The lowest BCUT2D eigenvalue weighted by atomic mass is 10.0. The summed E-state index contributed by atoms with van der Waals surface area (Å²) in [6, 6.07) is -5.10. The Labute approximate surface area is 203 Å². The van der Waals surface area contributed by atoms with Crippen LogP contribution in [0.1, 0.15) is 58.8 Å². The van der Waals surface area contributed by atoms with Gasteiger partial charge in [-0.3, -0.25) is 24.0 Å². The lowest BCUT2D eigenvalue weighted by molar-refractivity contribution is -0.147. The smallest absolute Gasteiger partial charge is 0.326 e. The molecular formula is C21H38N6O8. The molecule has 14 nitrogen and oxygen atoms in total. The van der Waals surface area contributed by atoms with E-state index < -0.39 is 66.2 Å². The second-order valence-corrected chi connectivity index (χ2v) is 8.65. The molecule has 0 aromatic heterocycles. The van der Waals surface area contributed by atoms with E-state index in [1.165, 1.54) is 0 Å². The zero-order chi connectivity index (χ0) is 27.1. The molecule has 0 radical (unpaired) electrons. The second kappa shape index (κ2) is 16.4. The van der Waals surface area contributed by atoms with Crippen LogP contribution in [0, 0.1) is 5.92 Å². The minimum absolute atomic E-state index is 0.0894. The number of hydrogen-bond donors (Lipinski definition) is 8. The average Bonchev–Trinajstić information content (AvgIpc) is 2.74. The number of carboxylic acids is 2. The van der Waals surface area contributed by atoms with Gasteiger partial charge >= 0.3 is 11.9 Å². The van der Waals surface area contributed by atoms with E-state index in [0.29, 0.717) is 25.8 Å². The number of rotatable bonds is 18. The summed E-state index contributed by atoms with van der Waals surface area (Å²) in [5.74, 6) is -6.16. The largest absolute Gasteiger partial charge is 0.481 e. The zero-order valence-electron chi connectivity index (χ0n) is 20.1. The Bertz CT molecular complexity index is 760. The first-order valence-electron chi connectivity index (χ1n) is 11.4. The molecule has 0 aliphatic rings. The van der Waals surface area contributed by atoms with Crippen molar-refractivity contribution in [1.82, 2.24) is 16.0 Å². The Morgan fingerprint density at radius 1 is 0.800 bits per heavy atom. The molecule has 4 atom stereocenters. The van der Waals surface area contributed by atoms with Gasteiger partial charge in [0.15, 0.2) is 0 Å². The third-order valence-corrected chi connectivity index (χ3v) is 4.95. The van der Waals surface area contributed by atoms with Gasteiger partial charge in [-0.15, -0.1) is 0 Å². The van der Waals surface area contributed by atoms with Crippen LogP contribution in [0.2, 0.25) is 0 Å². The van der Waals surface area contributed by atoms with Crippen molar-refractivity contribution in [1.29, 1.82) is 0 Å². The molecule has 0 aromatic carbocycles. The molecule has 0 spiro atoms. The molecule has 35 heavy (non-hydrogen) atoms. The van der Waals surface area contributed by atoms with Crippen LogP contribution in [0.25, 0.3) is 0 Å². The summed E-state index contributed by atoms with van der Waals surface area (Å²) < 4.78 is 0. The molecule has 0 fully saturated rings. The van der Waals surface area contributed by atoms with Gasteiger partial charge in [-0.1, -0.05) is 20.3 Å². The number of hydrogen-bond acceptors (Lipinski definition) is 8. The van der Waals surface area contributed by atoms with Gasteiger partial charge in [-0.25, -0.2) is 4.79 Å². The summed E-state index contributed by atoms with van der Waals surface area (Å²) in [6.45, 7) is 3.95. The fourth-order valence-electron chi connectivity index (χ4n) is 3.10. The van der Waals surface area contributed by atoms with Crippen LogP contribution in [-0.2, 0) is 28.8 Å². The molecule has 0 bridgehead atoms. The van der Waals surface area contributed by atoms with Gasteiger partial charge in [-0.05, 0) is 38.1 Å². The molecule has 4 amide bonds. The Kier molecular flexibility index (Phi) is 14.9. The molecular weight excluding hydrogens is 464 g/mol. The Morgan fingerprint density at radius 3 is 1.83 bits per heavy atom. The highest BCUT2D eigenvalue weighted by atomic mass is 16.4. The molecule has 0 saturated carbocycles. The van der Waals surface area contributed by atoms with Gasteiger partial charge in [-0.2, -0.15) is 0 Å². The molecule has 14 heteroatoms. The van der Waals surface area contributed by atoms with E-state index in [1.807, 2.05) is 0 Å². The highest BCUT2D eigenvalue weighted by molar-refractivity contribution is 5.94. The predicted octanol–water partition coefficient (Wildman–Crippen LogP) is -2.23. The van der Waals surface area contributed by atoms with E-state index >= 15 is 0 Å². The van der Waals surface area contributed by atoms with Gasteiger partial charge in [0, 0.05) is 6.42 Å². The molecule has 4 unspecified atom stereocenters. The number of aliphatic carboxylic acids is 2. The number of carbonyl (C=O) groups is 6. The standard InChI is InChI=1S/C21H38N6O8/c1-11(2)9-14(20(33)27-15(21(34)35)10-17(29)30)26-19(32)13(6-7-16(24)28)25-18(31)12(23)5-3-4-8-22/h11-15H,3-10,22-23H2,1-2H3,(H2,24,28)(H,25,31)(H,26,32)(H,27,33)(H,29,30)(H,34,35). The van der Waals surface area contributed by atoms with E-state index in [0.717, 1.165) is 0 Å². The van der Waals surface area contributed by atoms with Crippen molar-refractivity contribution < 1.29 is 39.0 Å². The van der Waals surface area contributed by atoms with E-state index in [1.54, 1.807) is 13.8 Å². The van der Waals surface area contributed by atoms with Crippen molar-refractivity contribution in [2.45, 2.75) is 83.0 Å². The lowest BCUT2D eigenvalue weighted by Crippen LogP contribution is -2.57. The summed E-state index contributed by atoms with van der Waals surface area (Å²) in [4.78, 5) is 71.5. The summed E-state index contributed by atoms with van der Waals surface area (Å²) in [7, 11) is 0. The van der Waals surface area contributed by atoms with Crippen LogP contribution in [0.4, 0.5) is 0 Å². The topological polar surface area (TPSA) is 257 Å². The first-order chi connectivity index (χ1) is 16.3. The first kappa shape index (κ1) is 31.7. The molecule has 200 valence electrons. The first-order valence-corrected chi connectivity index (χ1v) is 11.4. The van der Waals surface area contributed by atoms with Gasteiger partial charge < -0.3 is 43.4 Å². The number of primary amides is 1. The van der Waals surface area contributed by atoms with Crippen molar-refractivity contribution in [3.05, 3.63) is 0 Å². The van der Waals surface area contributed by atoms with E-state index in [9.17, 15) is 33.9 Å². The summed E-state index contributed by atoms with van der Waals surface area (Å²) in [5, 5.41) is 25.1. The van der Waals surface area contributed by atoms with Crippen LogP contribution in [0.3, 0.4) is 0 Å². The van der Waals surface area contributed by atoms with Crippen molar-refractivity contribution in [3.63, 3.8) is 0 Å². The number of nitrogens with one attached hydrogen (secondary N) is 3. The average molecular weight is 503 g/mol. The van der Waals surface area contributed by atoms with Crippen molar-refractivity contribution in [2.75, 3.05) is 6.54 Å². The SMILES string of the molecule is CC(C)CC(NC(=O)C(CCC(N)=O)NC(=O)C(N)CCCCN)C(=O)NC(CC(=O)O)C(=O)O. The predicted molar refractivity (Wildman–Crippen MR) is 124 cm³/mol. The fourth-order valence-corrected chi connectivity index (χ4v) is 3.10. The highest BCUT2D eigenvalue weighted by Crippen LogP contribution is 2.08. The van der Waals surface area contributed by atoms with Gasteiger partial charge in [0.25, 0.3) is 0 Å². The van der Waals surface area contributed by atoms with Crippen LogP contribution in [0.5, 0.6) is 0 Å². The van der Waals surface area contributed by atoms with Crippen LogP contribution in [-0.4, -0.2) is 76.5 Å².